The first-order valence-electron chi connectivity index (χ1n) is 5.84. The predicted molar refractivity (Wildman–Crippen MR) is 74.0 cm³/mol. The smallest absolute Gasteiger partial charge is 0.231 e. The van der Waals surface area contributed by atoms with Gasteiger partial charge in [-0.15, -0.1) is 0 Å². The van der Waals surface area contributed by atoms with E-state index in [1.165, 1.54) is 0 Å². The fraction of sp³-hybridized carbons (Fsp3) is 0.545. The van der Waals surface area contributed by atoms with Gasteiger partial charge in [-0.3, -0.25) is 19.2 Å². The summed E-state index contributed by atoms with van der Waals surface area (Å²) in [6, 6.07) is 0. The van der Waals surface area contributed by atoms with Crippen molar-refractivity contribution in [3.8, 4) is 0 Å². The van der Waals surface area contributed by atoms with E-state index in [1.807, 2.05) is 14.0 Å². The highest BCUT2D eigenvalue weighted by molar-refractivity contribution is 9.10. The summed E-state index contributed by atoms with van der Waals surface area (Å²) >= 11 is 3.48. The fourth-order valence-electron chi connectivity index (χ4n) is 1.81. The van der Waals surface area contributed by atoms with E-state index < -0.39 is 11.8 Å². The van der Waals surface area contributed by atoms with Crippen molar-refractivity contribution in [1.29, 1.82) is 0 Å². The van der Waals surface area contributed by atoms with Crippen molar-refractivity contribution >= 4 is 27.7 Å². The number of primary amides is 2. The number of aromatic nitrogens is 2. The lowest BCUT2D eigenvalue weighted by Crippen LogP contribution is -2.39. The van der Waals surface area contributed by atoms with Crippen LogP contribution < -0.4 is 11.5 Å². The van der Waals surface area contributed by atoms with E-state index in [-0.39, 0.29) is 13.1 Å². The van der Waals surface area contributed by atoms with Crippen molar-refractivity contribution in [3.05, 3.63) is 15.9 Å². The van der Waals surface area contributed by atoms with Crippen molar-refractivity contribution < 1.29 is 9.59 Å². The summed E-state index contributed by atoms with van der Waals surface area (Å²) in [5.41, 5.74) is 12.1. The average molecular weight is 332 g/mol. The number of aryl methyl sites for hydroxylation is 2. The number of hydrogen-bond acceptors (Lipinski definition) is 4. The third kappa shape index (κ3) is 4.32. The lowest BCUT2D eigenvalue weighted by Gasteiger charge is -2.19. The summed E-state index contributed by atoms with van der Waals surface area (Å²) in [6.07, 6.45) is 0.792. The molecule has 0 unspecified atom stereocenters. The summed E-state index contributed by atoms with van der Waals surface area (Å²) in [6.45, 7) is 2.32. The zero-order chi connectivity index (χ0) is 14.6. The highest BCUT2D eigenvalue weighted by Gasteiger charge is 2.18. The molecule has 8 heteroatoms. The number of amides is 2. The predicted octanol–water partition coefficient (Wildman–Crippen LogP) is -0.482. The van der Waals surface area contributed by atoms with Gasteiger partial charge in [0.25, 0.3) is 0 Å². The van der Waals surface area contributed by atoms with E-state index in [0.717, 1.165) is 22.3 Å². The van der Waals surface area contributed by atoms with Gasteiger partial charge in [0.15, 0.2) is 0 Å². The van der Waals surface area contributed by atoms with E-state index >= 15 is 0 Å². The van der Waals surface area contributed by atoms with Crippen LogP contribution in [-0.4, -0.2) is 39.6 Å². The Morgan fingerprint density at radius 1 is 1.32 bits per heavy atom. The molecule has 0 radical (unpaired) electrons. The maximum absolute atomic E-state index is 11.0. The number of halogens is 1. The molecule has 0 fully saturated rings. The van der Waals surface area contributed by atoms with Gasteiger partial charge in [-0.2, -0.15) is 5.10 Å². The summed E-state index contributed by atoms with van der Waals surface area (Å²) in [5, 5.41) is 4.35. The molecule has 1 aromatic rings. The van der Waals surface area contributed by atoms with Crippen LogP contribution in [0.4, 0.5) is 0 Å². The lowest BCUT2D eigenvalue weighted by molar-refractivity contribution is -0.122. The van der Waals surface area contributed by atoms with Gasteiger partial charge in [0.2, 0.25) is 11.8 Å². The van der Waals surface area contributed by atoms with E-state index in [0.29, 0.717) is 6.54 Å². The molecular weight excluding hydrogens is 314 g/mol. The van der Waals surface area contributed by atoms with Crippen LogP contribution in [0.1, 0.15) is 18.3 Å². The molecule has 1 heterocycles. The Morgan fingerprint density at radius 3 is 2.21 bits per heavy atom. The van der Waals surface area contributed by atoms with Crippen molar-refractivity contribution in [2.45, 2.75) is 19.9 Å². The molecule has 106 valence electrons. The van der Waals surface area contributed by atoms with Crippen molar-refractivity contribution in [1.82, 2.24) is 14.7 Å². The molecule has 0 atom stereocenters. The van der Waals surface area contributed by atoms with Crippen LogP contribution in [0.5, 0.6) is 0 Å². The molecule has 0 aliphatic rings. The van der Waals surface area contributed by atoms with Crippen molar-refractivity contribution in [2.24, 2.45) is 18.5 Å². The quantitative estimate of drug-likeness (QED) is 0.703. The Labute approximate surface area is 120 Å². The minimum absolute atomic E-state index is 0.0258. The number of hydrogen-bond donors (Lipinski definition) is 2. The lowest BCUT2D eigenvalue weighted by atomic mass is 10.3. The fourth-order valence-corrected chi connectivity index (χ4v) is 2.55. The summed E-state index contributed by atoms with van der Waals surface area (Å²) in [7, 11) is 1.81. The molecule has 0 aliphatic carbocycles. The van der Waals surface area contributed by atoms with Crippen LogP contribution in [-0.2, 0) is 29.6 Å². The van der Waals surface area contributed by atoms with Gasteiger partial charge < -0.3 is 11.5 Å². The van der Waals surface area contributed by atoms with E-state index in [2.05, 4.69) is 21.0 Å². The van der Waals surface area contributed by atoms with Crippen molar-refractivity contribution in [2.75, 3.05) is 13.1 Å². The van der Waals surface area contributed by atoms with Crippen molar-refractivity contribution in [3.63, 3.8) is 0 Å². The van der Waals surface area contributed by atoms with Gasteiger partial charge in [0.05, 0.1) is 29.0 Å². The molecule has 0 aliphatic heterocycles. The number of nitrogens with zero attached hydrogens (tertiary/aromatic N) is 3. The first kappa shape index (κ1) is 15.6. The first-order chi connectivity index (χ1) is 8.85. The Balaban J connectivity index is 2.92. The molecule has 2 amide bonds. The van der Waals surface area contributed by atoms with Gasteiger partial charge in [-0.25, -0.2) is 0 Å². The molecular formula is C11H18BrN5O2. The topological polar surface area (TPSA) is 107 Å². The standard InChI is InChI=1S/C11H18BrN5O2/c1-3-7-11(12)8(16(2)15-7)4-17(5-9(13)18)6-10(14)19/h3-6H2,1-2H3,(H2,13,18)(H2,14,19). The second-order valence-corrected chi connectivity index (χ2v) is 5.06. The molecule has 1 rings (SSSR count). The maximum atomic E-state index is 11.0. The van der Waals surface area contributed by atoms with Crippen LogP contribution >= 0.6 is 15.9 Å². The van der Waals surface area contributed by atoms with Gasteiger partial charge in [-0.05, 0) is 22.4 Å². The van der Waals surface area contributed by atoms with Gasteiger partial charge in [0, 0.05) is 13.6 Å². The van der Waals surface area contributed by atoms with Crippen LogP contribution in [0, 0.1) is 0 Å². The van der Waals surface area contributed by atoms with Gasteiger partial charge in [-0.1, -0.05) is 6.92 Å². The third-order valence-corrected chi connectivity index (χ3v) is 3.55. The minimum atomic E-state index is -0.504. The highest BCUT2D eigenvalue weighted by Crippen LogP contribution is 2.22. The number of carbonyl (C=O) groups excluding carboxylic acids is 2. The Kier molecular flexibility index (Phi) is 5.49. The zero-order valence-electron chi connectivity index (χ0n) is 11.0. The molecule has 19 heavy (non-hydrogen) atoms. The molecule has 1 aromatic heterocycles. The first-order valence-corrected chi connectivity index (χ1v) is 6.63. The van der Waals surface area contributed by atoms with Crippen LogP contribution in [0.25, 0.3) is 0 Å². The molecule has 0 aromatic carbocycles. The summed E-state index contributed by atoms with van der Waals surface area (Å²) < 4.78 is 2.61. The second-order valence-electron chi connectivity index (χ2n) is 4.26. The molecule has 0 saturated carbocycles. The molecule has 7 nitrogen and oxygen atoms in total. The van der Waals surface area contributed by atoms with Crippen LogP contribution in [0.2, 0.25) is 0 Å². The highest BCUT2D eigenvalue weighted by atomic mass is 79.9. The maximum Gasteiger partial charge on any atom is 0.231 e. The molecule has 0 saturated heterocycles. The van der Waals surface area contributed by atoms with E-state index in [9.17, 15) is 9.59 Å². The normalized spacial score (nSPS) is 10.9. The van der Waals surface area contributed by atoms with E-state index in [1.54, 1.807) is 9.58 Å². The van der Waals surface area contributed by atoms with Crippen LogP contribution in [0.3, 0.4) is 0 Å². The van der Waals surface area contributed by atoms with E-state index in [4.69, 9.17) is 11.5 Å². The van der Waals surface area contributed by atoms with Crippen LogP contribution in [0.15, 0.2) is 4.47 Å². The Morgan fingerprint density at radius 2 is 1.84 bits per heavy atom. The molecule has 0 bridgehead atoms. The number of carbonyl (C=O) groups is 2. The Hall–Kier alpha value is -1.41. The summed E-state index contributed by atoms with van der Waals surface area (Å²) in [5.74, 6) is -1.01. The monoisotopic (exact) mass is 331 g/mol. The average Bonchev–Trinajstić information content (AvgIpc) is 2.54. The largest absolute Gasteiger partial charge is 0.369 e. The van der Waals surface area contributed by atoms with Gasteiger partial charge in [0.1, 0.15) is 0 Å². The molecule has 4 N–H and O–H groups in total. The third-order valence-electron chi connectivity index (χ3n) is 2.64. The number of nitrogens with two attached hydrogens (primary N) is 2. The zero-order valence-corrected chi connectivity index (χ0v) is 12.6. The van der Waals surface area contributed by atoms with Gasteiger partial charge >= 0.3 is 0 Å². The minimum Gasteiger partial charge on any atom is -0.369 e. The molecule has 0 spiro atoms. The summed E-state index contributed by atoms with van der Waals surface area (Å²) in [4.78, 5) is 23.6. The number of rotatable bonds is 7. The second kappa shape index (κ2) is 6.67. The Bertz CT molecular complexity index is 470. The SMILES string of the molecule is CCc1nn(C)c(CN(CC(N)=O)CC(N)=O)c1Br.